The van der Waals surface area contributed by atoms with Crippen molar-refractivity contribution in [2.24, 2.45) is 0 Å². The number of aromatic nitrogens is 2. The van der Waals surface area contributed by atoms with Crippen LogP contribution >= 0.6 is 0 Å². The summed E-state index contributed by atoms with van der Waals surface area (Å²) < 4.78 is 7.39. The van der Waals surface area contributed by atoms with Crippen LogP contribution in [0.5, 0.6) is 5.75 Å². The number of ether oxygens (including phenoxy) is 1. The molecule has 1 aromatic heterocycles. The number of carbonyl (C=O) groups is 1. The van der Waals surface area contributed by atoms with Crippen LogP contribution in [-0.4, -0.2) is 22.3 Å². The molecule has 0 fully saturated rings. The highest BCUT2D eigenvalue weighted by Gasteiger charge is 2.07. The molecule has 5 nitrogen and oxygen atoms in total. The topological polar surface area (TPSA) is 56.1 Å². The van der Waals surface area contributed by atoms with Crippen LogP contribution in [0, 0.1) is 0 Å². The fourth-order valence-corrected chi connectivity index (χ4v) is 2.87. The molecule has 27 heavy (non-hydrogen) atoms. The molecule has 1 amide bonds. The van der Waals surface area contributed by atoms with Crippen LogP contribution < -0.4 is 10.1 Å². The lowest BCUT2D eigenvalue weighted by Gasteiger charge is -2.07. The first-order chi connectivity index (χ1) is 13.3. The van der Waals surface area contributed by atoms with E-state index in [-0.39, 0.29) is 12.5 Å². The van der Waals surface area contributed by atoms with Gasteiger partial charge in [-0.05, 0) is 28.5 Å². The van der Waals surface area contributed by atoms with Gasteiger partial charge in [-0.15, -0.1) is 0 Å². The van der Waals surface area contributed by atoms with Crippen LogP contribution in [0.2, 0.25) is 0 Å². The number of amides is 1. The Morgan fingerprint density at radius 3 is 2.56 bits per heavy atom. The molecule has 0 aliphatic carbocycles. The molecule has 0 unspecified atom stereocenters. The highest BCUT2D eigenvalue weighted by molar-refractivity contribution is 5.91. The van der Waals surface area contributed by atoms with E-state index >= 15 is 0 Å². The molecule has 0 aliphatic heterocycles. The largest absolute Gasteiger partial charge is 0.484 e. The third-order valence-corrected chi connectivity index (χ3v) is 4.19. The zero-order chi connectivity index (χ0) is 18.5. The van der Waals surface area contributed by atoms with E-state index in [0.29, 0.717) is 18.1 Å². The molecule has 0 aliphatic rings. The van der Waals surface area contributed by atoms with Gasteiger partial charge in [0.05, 0.1) is 6.54 Å². The average molecular weight is 357 g/mol. The van der Waals surface area contributed by atoms with E-state index in [1.54, 1.807) is 10.7 Å². The van der Waals surface area contributed by atoms with Crippen LogP contribution in [-0.2, 0) is 11.3 Å². The summed E-state index contributed by atoms with van der Waals surface area (Å²) in [6, 6.07) is 25.6. The van der Waals surface area contributed by atoms with Crippen LogP contribution in [0.25, 0.3) is 10.8 Å². The number of fused-ring (bicyclic) bond motifs is 1. The highest BCUT2D eigenvalue weighted by atomic mass is 16.5. The molecule has 4 aromatic rings. The van der Waals surface area contributed by atoms with Crippen molar-refractivity contribution in [3.63, 3.8) is 0 Å². The monoisotopic (exact) mass is 357 g/mol. The third-order valence-electron chi connectivity index (χ3n) is 4.19. The Labute approximate surface area is 157 Å². The molecule has 0 radical (unpaired) electrons. The Balaban J connectivity index is 1.32. The predicted octanol–water partition coefficient (Wildman–Crippen LogP) is 4.10. The number of hydrogen-bond acceptors (Lipinski definition) is 3. The van der Waals surface area contributed by atoms with Crippen molar-refractivity contribution in [1.82, 2.24) is 9.78 Å². The van der Waals surface area contributed by atoms with Crippen molar-refractivity contribution in [3.8, 4) is 5.75 Å². The van der Waals surface area contributed by atoms with Gasteiger partial charge in [-0.2, -0.15) is 5.10 Å². The van der Waals surface area contributed by atoms with Crippen molar-refractivity contribution >= 4 is 22.5 Å². The fourth-order valence-electron chi connectivity index (χ4n) is 2.87. The van der Waals surface area contributed by atoms with Crippen molar-refractivity contribution in [2.45, 2.75) is 6.54 Å². The molecule has 1 N–H and O–H groups in total. The minimum Gasteiger partial charge on any atom is -0.484 e. The quantitative estimate of drug-likeness (QED) is 0.565. The average Bonchev–Trinajstić information content (AvgIpc) is 3.13. The van der Waals surface area contributed by atoms with Gasteiger partial charge in [-0.3, -0.25) is 9.48 Å². The van der Waals surface area contributed by atoms with Gasteiger partial charge >= 0.3 is 0 Å². The van der Waals surface area contributed by atoms with E-state index in [4.69, 9.17) is 4.74 Å². The van der Waals surface area contributed by atoms with E-state index in [2.05, 4.69) is 10.4 Å². The SMILES string of the molecule is O=C(COc1ccc2ccccc2c1)Nc1ccn(Cc2ccccc2)n1. The first-order valence-electron chi connectivity index (χ1n) is 8.75. The Kier molecular flexibility index (Phi) is 4.83. The second-order valence-corrected chi connectivity index (χ2v) is 6.23. The number of anilines is 1. The van der Waals surface area contributed by atoms with E-state index in [1.807, 2.05) is 79.0 Å². The smallest absolute Gasteiger partial charge is 0.263 e. The lowest BCUT2D eigenvalue weighted by atomic mass is 10.1. The molecule has 1 heterocycles. The van der Waals surface area contributed by atoms with Gasteiger partial charge in [-0.1, -0.05) is 60.7 Å². The van der Waals surface area contributed by atoms with Crippen molar-refractivity contribution in [2.75, 3.05) is 11.9 Å². The molecule has 3 aromatic carbocycles. The molecule has 0 bridgehead atoms. The molecule has 5 heteroatoms. The summed E-state index contributed by atoms with van der Waals surface area (Å²) in [5, 5.41) is 9.35. The van der Waals surface area contributed by atoms with Crippen LogP contribution in [0.15, 0.2) is 85.1 Å². The summed E-state index contributed by atoms with van der Waals surface area (Å²) in [6.07, 6.45) is 1.84. The summed E-state index contributed by atoms with van der Waals surface area (Å²) in [5.41, 5.74) is 1.15. The minimum atomic E-state index is -0.242. The zero-order valence-electron chi connectivity index (χ0n) is 14.7. The second-order valence-electron chi connectivity index (χ2n) is 6.23. The zero-order valence-corrected chi connectivity index (χ0v) is 14.7. The van der Waals surface area contributed by atoms with Crippen molar-refractivity contribution < 1.29 is 9.53 Å². The van der Waals surface area contributed by atoms with Gasteiger partial charge in [0.1, 0.15) is 5.75 Å². The molecule has 0 saturated carbocycles. The third kappa shape index (κ3) is 4.33. The van der Waals surface area contributed by atoms with Gasteiger partial charge < -0.3 is 10.1 Å². The number of carbonyl (C=O) groups excluding carboxylic acids is 1. The van der Waals surface area contributed by atoms with Gasteiger partial charge in [0.2, 0.25) is 0 Å². The highest BCUT2D eigenvalue weighted by Crippen LogP contribution is 2.20. The summed E-state index contributed by atoms with van der Waals surface area (Å²) in [7, 11) is 0. The summed E-state index contributed by atoms with van der Waals surface area (Å²) in [4.78, 5) is 12.1. The molecule has 134 valence electrons. The normalized spacial score (nSPS) is 10.7. The van der Waals surface area contributed by atoms with E-state index < -0.39 is 0 Å². The Morgan fingerprint density at radius 2 is 1.70 bits per heavy atom. The predicted molar refractivity (Wildman–Crippen MR) is 106 cm³/mol. The molecule has 4 rings (SSSR count). The van der Waals surface area contributed by atoms with Crippen LogP contribution in [0.4, 0.5) is 5.82 Å². The summed E-state index contributed by atoms with van der Waals surface area (Å²) in [6.45, 7) is 0.591. The maximum Gasteiger partial charge on any atom is 0.263 e. The summed E-state index contributed by atoms with van der Waals surface area (Å²) >= 11 is 0. The number of hydrogen-bond donors (Lipinski definition) is 1. The number of nitrogens with zero attached hydrogens (tertiary/aromatic N) is 2. The van der Waals surface area contributed by atoms with Crippen LogP contribution in [0.3, 0.4) is 0 Å². The van der Waals surface area contributed by atoms with Gasteiger partial charge in [0, 0.05) is 12.3 Å². The van der Waals surface area contributed by atoms with Gasteiger partial charge in [-0.25, -0.2) is 0 Å². The Bertz CT molecular complexity index is 1060. The number of benzene rings is 3. The number of rotatable bonds is 6. The first-order valence-corrected chi connectivity index (χ1v) is 8.75. The molecule has 0 atom stereocenters. The van der Waals surface area contributed by atoms with Gasteiger partial charge in [0.25, 0.3) is 5.91 Å². The maximum atomic E-state index is 12.1. The van der Waals surface area contributed by atoms with Gasteiger partial charge in [0.15, 0.2) is 12.4 Å². The Hall–Kier alpha value is -3.60. The molecular formula is C22H19N3O2. The minimum absolute atomic E-state index is 0.0656. The fraction of sp³-hybridized carbons (Fsp3) is 0.0909. The summed E-state index contributed by atoms with van der Waals surface area (Å²) in [5.74, 6) is 0.935. The molecular weight excluding hydrogens is 338 g/mol. The van der Waals surface area contributed by atoms with E-state index in [1.165, 1.54) is 0 Å². The number of nitrogens with one attached hydrogen (secondary N) is 1. The van der Waals surface area contributed by atoms with E-state index in [0.717, 1.165) is 16.3 Å². The lowest BCUT2D eigenvalue weighted by molar-refractivity contribution is -0.118. The molecule has 0 saturated heterocycles. The standard InChI is InChI=1S/C22H19N3O2/c26-22(16-27-20-11-10-18-8-4-5-9-19(18)14-20)23-21-12-13-25(24-21)15-17-6-2-1-3-7-17/h1-14H,15-16H2,(H,23,24,26). The van der Waals surface area contributed by atoms with Crippen LogP contribution in [0.1, 0.15) is 5.56 Å². The van der Waals surface area contributed by atoms with E-state index in [9.17, 15) is 4.79 Å². The van der Waals surface area contributed by atoms with Crippen molar-refractivity contribution in [3.05, 3.63) is 90.6 Å². The Morgan fingerprint density at radius 1 is 0.926 bits per heavy atom. The second kappa shape index (κ2) is 7.74. The molecule has 0 spiro atoms. The maximum absolute atomic E-state index is 12.1. The first kappa shape index (κ1) is 16.8. The van der Waals surface area contributed by atoms with Crippen molar-refractivity contribution in [1.29, 1.82) is 0 Å². The lowest BCUT2D eigenvalue weighted by Crippen LogP contribution is -2.20.